The van der Waals surface area contributed by atoms with Gasteiger partial charge >= 0.3 is 0 Å². The number of methoxy groups -OCH3 is 1. The number of benzene rings is 1. The van der Waals surface area contributed by atoms with Crippen molar-refractivity contribution in [3.63, 3.8) is 0 Å². The van der Waals surface area contributed by atoms with Gasteiger partial charge in [0.25, 0.3) is 0 Å². The lowest BCUT2D eigenvalue weighted by atomic mass is 10.2. The van der Waals surface area contributed by atoms with Gasteiger partial charge in [-0.1, -0.05) is 6.07 Å². The number of para-hydroxylation sites is 1. The number of nitrogens with two attached hydrogens (primary N) is 1. The van der Waals surface area contributed by atoms with Gasteiger partial charge in [0.1, 0.15) is 5.75 Å². The molecule has 0 amide bonds. The molecule has 4 heteroatoms. The maximum absolute atomic E-state index is 9.46. The summed E-state index contributed by atoms with van der Waals surface area (Å²) in [7, 11) is 1.61. The first kappa shape index (κ1) is 10.1. The van der Waals surface area contributed by atoms with Crippen LogP contribution in [0.1, 0.15) is 6.42 Å². The zero-order chi connectivity index (χ0) is 10.8. The van der Waals surface area contributed by atoms with E-state index in [-0.39, 0.29) is 6.10 Å². The van der Waals surface area contributed by atoms with Crippen molar-refractivity contribution >= 4 is 11.4 Å². The predicted molar refractivity (Wildman–Crippen MR) is 60.2 cm³/mol. The van der Waals surface area contributed by atoms with Crippen LogP contribution in [0.2, 0.25) is 0 Å². The largest absolute Gasteiger partial charge is 0.495 e. The Morgan fingerprint density at radius 3 is 2.93 bits per heavy atom. The van der Waals surface area contributed by atoms with E-state index in [0.29, 0.717) is 18.0 Å². The van der Waals surface area contributed by atoms with Crippen LogP contribution in [0.25, 0.3) is 0 Å². The summed E-state index contributed by atoms with van der Waals surface area (Å²) in [6.45, 7) is 1.50. The normalized spacial score (nSPS) is 20.7. The molecule has 1 fully saturated rings. The Hall–Kier alpha value is -1.42. The maximum atomic E-state index is 9.46. The van der Waals surface area contributed by atoms with E-state index < -0.39 is 0 Å². The Bertz CT molecular complexity index is 354. The molecule has 15 heavy (non-hydrogen) atoms. The number of hydrogen-bond donors (Lipinski definition) is 2. The molecule has 0 bridgehead atoms. The van der Waals surface area contributed by atoms with Crippen LogP contribution in [0.15, 0.2) is 18.2 Å². The van der Waals surface area contributed by atoms with E-state index in [2.05, 4.69) is 4.90 Å². The second-order valence-electron chi connectivity index (χ2n) is 3.78. The van der Waals surface area contributed by atoms with Gasteiger partial charge in [0.05, 0.1) is 24.6 Å². The lowest BCUT2D eigenvalue weighted by molar-refractivity contribution is 0.198. The van der Waals surface area contributed by atoms with Crippen LogP contribution in [-0.4, -0.2) is 31.4 Å². The summed E-state index contributed by atoms with van der Waals surface area (Å²) in [5.74, 6) is 0.689. The molecule has 2 rings (SSSR count). The number of aliphatic hydroxyl groups is 1. The van der Waals surface area contributed by atoms with Gasteiger partial charge < -0.3 is 20.5 Å². The third-order valence-electron chi connectivity index (χ3n) is 2.77. The fraction of sp³-hybridized carbons (Fsp3) is 0.455. The van der Waals surface area contributed by atoms with Crippen LogP contribution in [0.4, 0.5) is 11.4 Å². The third-order valence-corrected chi connectivity index (χ3v) is 2.77. The van der Waals surface area contributed by atoms with Gasteiger partial charge in [-0.05, 0) is 18.6 Å². The minimum absolute atomic E-state index is 0.240. The van der Waals surface area contributed by atoms with Gasteiger partial charge in [-0.2, -0.15) is 0 Å². The third kappa shape index (κ3) is 1.85. The standard InChI is InChI=1S/C11H16N2O2/c1-15-10-4-2-3-9(11(10)12)13-6-5-8(14)7-13/h2-4,8,14H,5-7,12H2,1H3. The molecule has 1 aliphatic rings. The first-order valence-corrected chi connectivity index (χ1v) is 5.08. The molecule has 1 aromatic rings. The van der Waals surface area contributed by atoms with Crippen LogP contribution < -0.4 is 15.4 Å². The Balaban J connectivity index is 2.28. The average Bonchev–Trinajstić information content (AvgIpc) is 2.65. The first-order chi connectivity index (χ1) is 7.22. The fourth-order valence-electron chi connectivity index (χ4n) is 1.95. The van der Waals surface area contributed by atoms with Crippen molar-refractivity contribution in [2.45, 2.75) is 12.5 Å². The lowest BCUT2D eigenvalue weighted by Gasteiger charge is -2.20. The van der Waals surface area contributed by atoms with Crippen molar-refractivity contribution in [2.75, 3.05) is 30.8 Å². The molecule has 1 unspecified atom stereocenters. The highest BCUT2D eigenvalue weighted by Gasteiger charge is 2.22. The molecule has 0 radical (unpaired) electrons. The molecule has 3 N–H and O–H groups in total. The average molecular weight is 208 g/mol. The molecule has 0 aromatic heterocycles. The number of ether oxygens (including phenoxy) is 1. The monoisotopic (exact) mass is 208 g/mol. The fourth-order valence-corrected chi connectivity index (χ4v) is 1.95. The summed E-state index contributed by atoms with van der Waals surface area (Å²) in [5, 5.41) is 9.46. The van der Waals surface area contributed by atoms with Gasteiger partial charge in [0.15, 0.2) is 0 Å². The molecule has 0 spiro atoms. The van der Waals surface area contributed by atoms with E-state index in [1.807, 2.05) is 18.2 Å². The smallest absolute Gasteiger partial charge is 0.143 e. The van der Waals surface area contributed by atoms with Crippen molar-refractivity contribution in [1.29, 1.82) is 0 Å². The van der Waals surface area contributed by atoms with E-state index in [1.165, 1.54) is 0 Å². The quantitative estimate of drug-likeness (QED) is 0.707. The van der Waals surface area contributed by atoms with Crippen LogP contribution in [0, 0.1) is 0 Å². The summed E-state index contributed by atoms with van der Waals surface area (Å²) in [6.07, 6.45) is 0.562. The zero-order valence-electron chi connectivity index (χ0n) is 8.81. The predicted octanol–water partition coefficient (Wildman–Crippen LogP) is 0.848. The Morgan fingerprint density at radius 1 is 1.53 bits per heavy atom. The van der Waals surface area contributed by atoms with E-state index in [0.717, 1.165) is 18.7 Å². The molecule has 1 aromatic carbocycles. The van der Waals surface area contributed by atoms with Crippen molar-refractivity contribution in [3.05, 3.63) is 18.2 Å². The number of hydrogen-bond acceptors (Lipinski definition) is 4. The summed E-state index contributed by atoms with van der Waals surface area (Å²) in [6, 6.07) is 5.70. The van der Waals surface area contributed by atoms with Gasteiger partial charge in [-0.25, -0.2) is 0 Å². The van der Waals surface area contributed by atoms with E-state index in [4.69, 9.17) is 10.5 Å². The summed E-state index contributed by atoms with van der Waals surface area (Å²) >= 11 is 0. The Kier molecular flexibility index (Phi) is 2.68. The topological polar surface area (TPSA) is 58.7 Å². The van der Waals surface area contributed by atoms with E-state index in [9.17, 15) is 5.11 Å². The SMILES string of the molecule is COc1cccc(N2CCC(O)C2)c1N. The highest BCUT2D eigenvalue weighted by molar-refractivity contribution is 5.74. The van der Waals surface area contributed by atoms with Crippen LogP contribution >= 0.6 is 0 Å². The second kappa shape index (κ2) is 3.98. The van der Waals surface area contributed by atoms with Crippen molar-refractivity contribution < 1.29 is 9.84 Å². The molecule has 0 aliphatic carbocycles. The summed E-state index contributed by atoms with van der Waals surface area (Å²) in [4.78, 5) is 2.09. The molecule has 1 atom stereocenters. The van der Waals surface area contributed by atoms with Crippen LogP contribution in [0.5, 0.6) is 5.75 Å². The summed E-state index contributed by atoms with van der Waals surface area (Å²) in [5.41, 5.74) is 7.57. The van der Waals surface area contributed by atoms with Crippen LogP contribution in [-0.2, 0) is 0 Å². The van der Waals surface area contributed by atoms with Crippen molar-refractivity contribution in [2.24, 2.45) is 0 Å². The summed E-state index contributed by atoms with van der Waals surface area (Å²) < 4.78 is 5.16. The second-order valence-corrected chi connectivity index (χ2v) is 3.78. The molecule has 82 valence electrons. The minimum Gasteiger partial charge on any atom is -0.495 e. The van der Waals surface area contributed by atoms with E-state index >= 15 is 0 Å². The highest BCUT2D eigenvalue weighted by Crippen LogP contribution is 2.33. The number of β-amino-alcohol motifs (C(OH)–C–C–N with tert-alkyl or cyclic N) is 1. The van der Waals surface area contributed by atoms with Gasteiger partial charge in [-0.15, -0.1) is 0 Å². The number of aliphatic hydroxyl groups excluding tert-OH is 1. The Morgan fingerprint density at radius 2 is 2.33 bits per heavy atom. The number of nitrogen functional groups attached to an aromatic ring is 1. The zero-order valence-corrected chi connectivity index (χ0v) is 8.81. The first-order valence-electron chi connectivity index (χ1n) is 5.08. The van der Waals surface area contributed by atoms with Gasteiger partial charge in [-0.3, -0.25) is 0 Å². The molecule has 1 aliphatic heterocycles. The Labute approximate surface area is 89.3 Å². The molecule has 0 saturated carbocycles. The van der Waals surface area contributed by atoms with Crippen molar-refractivity contribution in [3.8, 4) is 5.75 Å². The molecule has 4 nitrogen and oxygen atoms in total. The molecule has 1 heterocycles. The lowest BCUT2D eigenvalue weighted by Crippen LogP contribution is -2.22. The number of anilines is 2. The minimum atomic E-state index is -0.240. The molecular formula is C11H16N2O2. The maximum Gasteiger partial charge on any atom is 0.143 e. The highest BCUT2D eigenvalue weighted by atomic mass is 16.5. The van der Waals surface area contributed by atoms with Gasteiger partial charge in [0.2, 0.25) is 0 Å². The van der Waals surface area contributed by atoms with E-state index in [1.54, 1.807) is 7.11 Å². The molecule has 1 saturated heterocycles. The number of nitrogens with zero attached hydrogens (tertiary/aromatic N) is 1. The number of rotatable bonds is 2. The molecular weight excluding hydrogens is 192 g/mol. The van der Waals surface area contributed by atoms with Crippen molar-refractivity contribution in [1.82, 2.24) is 0 Å². The van der Waals surface area contributed by atoms with Crippen LogP contribution in [0.3, 0.4) is 0 Å². The van der Waals surface area contributed by atoms with Gasteiger partial charge in [0, 0.05) is 13.1 Å².